The van der Waals surface area contributed by atoms with Crippen LogP contribution in [0.1, 0.15) is 41.0 Å². The zero-order valence-electron chi connectivity index (χ0n) is 8.69. The second-order valence-corrected chi connectivity index (χ2v) is 2.89. The van der Waals surface area contributed by atoms with Crippen LogP contribution in [-0.4, -0.2) is 5.78 Å². The number of carbonyl (C=O) groups is 1. The molecule has 0 aromatic rings. The maximum absolute atomic E-state index is 11.0. The Labute approximate surface area is 75.2 Å². The Balaban J connectivity index is 0.000000561. The highest BCUT2D eigenvalue weighted by Crippen LogP contribution is 2.19. The summed E-state index contributed by atoms with van der Waals surface area (Å²) in [4.78, 5) is 11.0. The molecule has 0 aromatic heterocycles. The van der Waals surface area contributed by atoms with E-state index in [1.807, 2.05) is 40.7 Å². The molecule has 1 heteroatoms. The van der Waals surface area contributed by atoms with Gasteiger partial charge in [0.1, 0.15) is 0 Å². The first kappa shape index (κ1) is 11.2. The Kier molecular flexibility index (Phi) is 4.57. The van der Waals surface area contributed by atoms with Crippen LogP contribution in [0, 0.1) is 0 Å². The molecule has 12 heavy (non-hydrogen) atoms. The molecule has 0 bridgehead atoms. The number of Topliss-reactive ketones (excluding diaryl/α,β-unsaturated/α-hetero) is 1. The van der Waals surface area contributed by atoms with E-state index in [4.69, 9.17) is 0 Å². The summed E-state index contributed by atoms with van der Waals surface area (Å²) in [5.74, 6) is 0.267. The smallest absolute Gasteiger partial charge is 0.162 e. The zero-order chi connectivity index (χ0) is 9.72. The van der Waals surface area contributed by atoms with Gasteiger partial charge in [-0.1, -0.05) is 31.1 Å². The molecular formula is C11H18O. The van der Waals surface area contributed by atoms with Gasteiger partial charge < -0.3 is 0 Å². The van der Waals surface area contributed by atoms with Gasteiger partial charge in [0.2, 0.25) is 0 Å². The van der Waals surface area contributed by atoms with Crippen LogP contribution in [0.15, 0.2) is 22.8 Å². The van der Waals surface area contributed by atoms with Crippen LogP contribution >= 0.6 is 0 Å². The first-order chi connectivity index (χ1) is 5.61. The number of allylic oxidation sites excluding steroid dienone is 4. The van der Waals surface area contributed by atoms with Crippen molar-refractivity contribution < 1.29 is 4.79 Å². The van der Waals surface area contributed by atoms with Crippen molar-refractivity contribution in [2.75, 3.05) is 0 Å². The lowest BCUT2D eigenvalue weighted by Gasteiger charge is -2.10. The first-order valence-corrected chi connectivity index (χ1v) is 4.49. The van der Waals surface area contributed by atoms with E-state index in [0.29, 0.717) is 6.42 Å². The van der Waals surface area contributed by atoms with E-state index < -0.39 is 0 Å². The molecule has 0 N–H and O–H groups in total. The minimum absolute atomic E-state index is 0.267. The van der Waals surface area contributed by atoms with Crippen LogP contribution < -0.4 is 0 Å². The van der Waals surface area contributed by atoms with E-state index in [9.17, 15) is 4.79 Å². The number of rotatable bonds is 0. The summed E-state index contributed by atoms with van der Waals surface area (Å²) in [6, 6.07) is 0. The molecule has 1 aliphatic rings. The second-order valence-electron chi connectivity index (χ2n) is 2.89. The average molecular weight is 166 g/mol. The van der Waals surface area contributed by atoms with Crippen LogP contribution in [0.25, 0.3) is 0 Å². The molecule has 0 saturated carbocycles. The van der Waals surface area contributed by atoms with Gasteiger partial charge in [-0.25, -0.2) is 0 Å². The topological polar surface area (TPSA) is 17.1 Å². The Hall–Kier alpha value is -0.850. The number of ketones is 1. The monoisotopic (exact) mass is 166 g/mol. The predicted molar refractivity (Wildman–Crippen MR) is 53.1 cm³/mol. The average Bonchev–Trinajstić information content (AvgIpc) is 2.05. The van der Waals surface area contributed by atoms with Gasteiger partial charge in [-0.3, -0.25) is 4.79 Å². The van der Waals surface area contributed by atoms with Crippen LogP contribution in [0.4, 0.5) is 0 Å². The van der Waals surface area contributed by atoms with Gasteiger partial charge in [0.15, 0.2) is 5.78 Å². The Morgan fingerprint density at radius 2 is 1.67 bits per heavy atom. The fraction of sp³-hybridized carbons (Fsp3) is 0.545. The number of hydrogen-bond acceptors (Lipinski definition) is 1. The molecule has 0 heterocycles. The molecule has 0 radical (unpaired) electrons. The van der Waals surface area contributed by atoms with Gasteiger partial charge >= 0.3 is 0 Å². The third-order valence-corrected chi connectivity index (χ3v) is 1.97. The van der Waals surface area contributed by atoms with E-state index in [1.54, 1.807) is 0 Å². The maximum Gasteiger partial charge on any atom is 0.162 e. The van der Waals surface area contributed by atoms with Gasteiger partial charge in [-0.05, 0) is 26.3 Å². The van der Waals surface area contributed by atoms with Crippen LogP contribution in [0.2, 0.25) is 0 Å². The minimum Gasteiger partial charge on any atom is -0.294 e. The fourth-order valence-corrected chi connectivity index (χ4v) is 1.05. The highest BCUT2D eigenvalue weighted by atomic mass is 16.1. The van der Waals surface area contributed by atoms with E-state index in [-0.39, 0.29) is 5.78 Å². The Morgan fingerprint density at radius 3 is 2.08 bits per heavy atom. The van der Waals surface area contributed by atoms with E-state index in [0.717, 1.165) is 5.57 Å². The van der Waals surface area contributed by atoms with Crippen LogP contribution in [-0.2, 0) is 4.79 Å². The Bertz CT molecular complexity index is 231. The predicted octanol–water partition coefficient (Wildman–Crippen LogP) is 3.27. The van der Waals surface area contributed by atoms with Gasteiger partial charge in [-0.2, -0.15) is 0 Å². The molecule has 0 aromatic carbocycles. The lowest BCUT2D eigenvalue weighted by molar-refractivity contribution is -0.115. The summed E-state index contributed by atoms with van der Waals surface area (Å²) in [5.41, 5.74) is 3.34. The molecule has 1 rings (SSSR count). The first-order valence-electron chi connectivity index (χ1n) is 4.49. The summed E-state index contributed by atoms with van der Waals surface area (Å²) >= 11 is 0. The molecule has 0 spiro atoms. The molecule has 68 valence electrons. The zero-order valence-corrected chi connectivity index (χ0v) is 8.69. The molecular weight excluding hydrogens is 148 g/mol. The molecule has 1 nitrogen and oxygen atoms in total. The number of hydrogen-bond donors (Lipinski definition) is 0. The van der Waals surface area contributed by atoms with Crippen molar-refractivity contribution in [1.29, 1.82) is 0 Å². The standard InChI is InChI=1S/C9H12O.C2H6/c1-6-4-8(3)9(10)5-7(6)2;1-2/h4H,5H2,1-3H3;1-2H3. The van der Waals surface area contributed by atoms with Crippen molar-refractivity contribution in [3.05, 3.63) is 22.8 Å². The van der Waals surface area contributed by atoms with Crippen LogP contribution in [0.3, 0.4) is 0 Å². The van der Waals surface area contributed by atoms with E-state index >= 15 is 0 Å². The molecule has 0 fully saturated rings. The van der Waals surface area contributed by atoms with Gasteiger partial charge in [0.25, 0.3) is 0 Å². The summed E-state index contributed by atoms with van der Waals surface area (Å²) in [7, 11) is 0. The summed E-state index contributed by atoms with van der Waals surface area (Å²) in [5, 5.41) is 0. The maximum atomic E-state index is 11.0. The lowest BCUT2D eigenvalue weighted by Crippen LogP contribution is -2.05. The van der Waals surface area contributed by atoms with E-state index in [1.165, 1.54) is 11.1 Å². The molecule has 1 aliphatic carbocycles. The lowest BCUT2D eigenvalue weighted by atomic mass is 9.94. The molecule has 0 aliphatic heterocycles. The molecule has 0 unspecified atom stereocenters. The van der Waals surface area contributed by atoms with Crippen molar-refractivity contribution in [3.63, 3.8) is 0 Å². The molecule has 0 amide bonds. The quantitative estimate of drug-likeness (QED) is 0.539. The van der Waals surface area contributed by atoms with Crippen molar-refractivity contribution in [2.45, 2.75) is 41.0 Å². The largest absolute Gasteiger partial charge is 0.294 e. The molecule has 0 saturated heterocycles. The van der Waals surface area contributed by atoms with Gasteiger partial charge in [0.05, 0.1) is 0 Å². The van der Waals surface area contributed by atoms with Gasteiger partial charge in [0, 0.05) is 6.42 Å². The van der Waals surface area contributed by atoms with Crippen LogP contribution in [0.5, 0.6) is 0 Å². The van der Waals surface area contributed by atoms with Crippen molar-refractivity contribution in [1.82, 2.24) is 0 Å². The highest BCUT2D eigenvalue weighted by molar-refractivity contribution is 5.98. The third kappa shape index (κ3) is 2.65. The third-order valence-electron chi connectivity index (χ3n) is 1.97. The van der Waals surface area contributed by atoms with Gasteiger partial charge in [-0.15, -0.1) is 0 Å². The summed E-state index contributed by atoms with van der Waals surface area (Å²) in [6.45, 7) is 9.93. The van der Waals surface area contributed by atoms with E-state index in [2.05, 4.69) is 0 Å². The summed E-state index contributed by atoms with van der Waals surface area (Å²) < 4.78 is 0. The van der Waals surface area contributed by atoms with Crippen molar-refractivity contribution >= 4 is 5.78 Å². The fourth-order valence-electron chi connectivity index (χ4n) is 1.05. The van der Waals surface area contributed by atoms with Crippen molar-refractivity contribution in [2.24, 2.45) is 0 Å². The number of carbonyl (C=O) groups excluding carboxylic acids is 1. The Morgan fingerprint density at radius 1 is 1.17 bits per heavy atom. The van der Waals surface area contributed by atoms with Crippen molar-refractivity contribution in [3.8, 4) is 0 Å². The highest BCUT2D eigenvalue weighted by Gasteiger charge is 2.11. The summed E-state index contributed by atoms with van der Waals surface area (Å²) in [6.07, 6.45) is 2.58. The SMILES string of the molecule is CC.CC1=CC(C)=C(C)CC1=O. The second kappa shape index (κ2) is 4.91. The molecule has 0 atom stereocenters. The normalized spacial score (nSPS) is 16.8. The minimum atomic E-state index is 0.267.